The minimum atomic E-state index is -0.396. The summed E-state index contributed by atoms with van der Waals surface area (Å²) >= 11 is 6.14. The van der Waals surface area contributed by atoms with E-state index >= 15 is 0 Å². The first kappa shape index (κ1) is 15.2. The molecule has 3 rings (SSSR count). The minimum absolute atomic E-state index is 0.185. The topological polar surface area (TPSA) is 66.5 Å². The molecule has 1 N–H and O–H groups in total. The second kappa shape index (κ2) is 5.85. The van der Waals surface area contributed by atoms with Crippen molar-refractivity contribution in [3.05, 3.63) is 64.2 Å². The summed E-state index contributed by atoms with van der Waals surface area (Å²) in [5.74, 6) is -1.09. The van der Waals surface area contributed by atoms with Gasteiger partial charge < -0.3 is 5.32 Å². The van der Waals surface area contributed by atoms with Crippen molar-refractivity contribution in [2.24, 2.45) is 0 Å². The third-order valence-corrected chi connectivity index (χ3v) is 3.90. The zero-order valence-corrected chi connectivity index (χ0v) is 13.1. The fourth-order valence-corrected chi connectivity index (χ4v) is 2.77. The molecule has 23 heavy (non-hydrogen) atoms. The van der Waals surface area contributed by atoms with E-state index in [2.05, 4.69) is 5.32 Å². The summed E-state index contributed by atoms with van der Waals surface area (Å²) in [6.07, 6.45) is 0. The normalized spacial score (nSPS) is 13.2. The lowest BCUT2D eigenvalue weighted by molar-refractivity contribution is 0.0923. The second-order valence-corrected chi connectivity index (χ2v) is 5.42. The average Bonchev–Trinajstić information content (AvgIpc) is 2.79. The lowest BCUT2D eigenvalue weighted by atomic mass is 10.1. The van der Waals surface area contributed by atoms with Gasteiger partial charge in [-0.2, -0.15) is 0 Å². The zero-order valence-electron chi connectivity index (χ0n) is 12.3. The number of nitrogens with zero attached hydrogens (tertiary/aromatic N) is 1. The highest BCUT2D eigenvalue weighted by Crippen LogP contribution is 2.31. The van der Waals surface area contributed by atoms with Gasteiger partial charge in [0.1, 0.15) is 0 Å². The molecule has 1 heterocycles. The maximum atomic E-state index is 12.4. The van der Waals surface area contributed by atoms with Gasteiger partial charge in [-0.1, -0.05) is 23.7 Å². The van der Waals surface area contributed by atoms with Crippen molar-refractivity contribution < 1.29 is 14.4 Å². The molecule has 1 aliphatic heterocycles. The van der Waals surface area contributed by atoms with Crippen LogP contribution in [0.3, 0.4) is 0 Å². The molecule has 0 radical (unpaired) electrons. The van der Waals surface area contributed by atoms with E-state index in [1.807, 2.05) is 0 Å². The zero-order chi connectivity index (χ0) is 16.6. The van der Waals surface area contributed by atoms with E-state index in [9.17, 15) is 14.4 Å². The fraction of sp³-hybridized carbons (Fsp3) is 0.118. The lowest BCUT2D eigenvalue weighted by Gasteiger charge is -2.15. The van der Waals surface area contributed by atoms with Gasteiger partial charge >= 0.3 is 0 Å². The number of nitrogens with one attached hydrogen (secondary N) is 1. The Kier molecular flexibility index (Phi) is 3.88. The van der Waals surface area contributed by atoms with Crippen LogP contribution < -0.4 is 10.2 Å². The molecule has 0 bridgehead atoms. The SMILES string of the molecule is CCNC(=O)c1ccc(N2C(=O)c3ccccc3C2=O)cc1Cl. The summed E-state index contributed by atoms with van der Waals surface area (Å²) in [5, 5.41) is 2.84. The van der Waals surface area contributed by atoms with Gasteiger partial charge in [0.2, 0.25) is 0 Å². The van der Waals surface area contributed by atoms with Gasteiger partial charge in [-0.15, -0.1) is 0 Å². The smallest absolute Gasteiger partial charge is 0.266 e. The van der Waals surface area contributed by atoms with Crippen LogP contribution in [0, 0.1) is 0 Å². The van der Waals surface area contributed by atoms with Gasteiger partial charge in [0, 0.05) is 6.54 Å². The number of carbonyl (C=O) groups excluding carboxylic acids is 3. The Labute approximate surface area is 137 Å². The van der Waals surface area contributed by atoms with E-state index in [0.29, 0.717) is 28.9 Å². The van der Waals surface area contributed by atoms with E-state index in [4.69, 9.17) is 11.6 Å². The molecule has 3 amide bonds. The Morgan fingerprint density at radius 2 is 1.70 bits per heavy atom. The van der Waals surface area contributed by atoms with Crippen LogP contribution in [0.5, 0.6) is 0 Å². The lowest BCUT2D eigenvalue weighted by Crippen LogP contribution is -2.29. The van der Waals surface area contributed by atoms with Crippen LogP contribution in [0.25, 0.3) is 0 Å². The van der Waals surface area contributed by atoms with Crippen molar-refractivity contribution in [3.63, 3.8) is 0 Å². The van der Waals surface area contributed by atoms with E-state index < -0.39 is 11.8 Å². The van der Waals surface area contributed by atoms with E-state index in [-0.39, 0.29) is 10.9 Å². The number of hydrogen-bond acceptors (Lipinski definition) is 3. The Balaban J connectivity index is 1.98. The summed E-state index contributed by atoms with van der Waals surface area (Å²) in [6.45, 7) is 2.29. The minimum Gasteiger partial charge on any atom is -0.352 e. The third kappa shape index (κ3) is 2.49. The summed E-state index contributed by atoms with van der Waals surface area (Å²) in [5.41, 5.74) is 1.37. The number of rotatable bonds is 3. The summed E-state index contributed by atoms with van der Waals surface area (Å²) < 4.78 is 0. The third-order valence-electron chi connectivity index (χ3n) is 3.59. The number of hydrogen-bond donors (Lipinski definition) is 1. The Morgan fingerprint density at radius 3 is 2.22 bits per heavy atom. The van der Waals surface area contributed by atoms with Crippen molar-refractivity contribution in [2.75, 3.05) is 11.4 Å². The fourth-order valence-electron chi connectivity index (χ4n) is 2.51. The number of carbonyl (C=O) groups is 3. The van der Waals surface area contributed by atoms with Gasteiger partial charge in [0.25, 0.3) is 17.7 Å². The maximum absolute atomic E-state index is 12.4. The number of fused-ring (bicyclic) bond motifs is 1. The maximum Gasteiger partial charge on any atom is 0.266 e. The number of imide groups is 1. The molecule has 0 aliphatic carbocycles. The average molecular weight is 329 g/mol. The molecule has 5 nitrogen and oxygen atoms in total. The van der Waals surface area contributed by atoms with Gasteiger partial charge in [0.05, 0.1) is 27.4 Å². The molecule has 1 aliphatic rings. The van der Waals surface area contributed by atoms with Gasteiger partial charge in [-0.3, -0.25) is 14.4 Å². The van der Waals surface area contributed by atoms with Gasteiger partial charge in [-0.05, 0) is 37.3 Å². The van der Waals surface area contributed by atoms with Crippen LogP contribution in [0.15, 0.2) is 42.5 Å². The van der Waals surface area contributed by atoms with Crippen LogP contribution in [-0.4, -0.2) is 24.3 Å². The highest BCUT2D eigenvalue weighted by molar-refractivity contribution is 6.36. The molecular formula is C17H13ClN2O3. The Bertz CT molecular complexity index is 797. The first-order valence-electron chi connectivity index (χ1n) is 7.10. The molecule has 0 aromatic heterocycles. The van der Waals surface area contributed by atoms with Crippen LogP contribution in [0.4, 0.5) is 5.69 Å². The molecule has 0 unspecified atom stereocenters. The largest absolute Gasteiger partial charge is 0.352 e. The molecule has 2 aromatic carbocycles. The first-order chi connectivity index (χ1) is 11.0. The molecule has 0 saturated carbocycles. The predicted octanol–water partition coefficient (Wildman–Crippen LogP) is 2.89. The highest BCUT2D eigenvalue weighted by atomic mass is 35.5. The molecule has 0 atom stereocenters. The highest BCUT2D eigenvalue weighted by Gasteiger charge is 2.36. The Morgan fingerprint density at radius 1 is 1.09 bits per heavy atom. The van der Waals surface area contributed by atoms with Gasteiger partial charge in [0.15, 0.2) is 0 Å². The molecule has 0 saturated heterocycles. The van der Waals surface area contributed by atoms with Crippen LogP contribution in [0.1, 0.15) is 38.0 Å². The van der Waals surface area contributed by atoms with Crippen molar-refractivity contribution in [1.29, 1.82) is 0 Å². The summed E-state index contributed by atoms with van der Waals surface area (Å²) in [6, 6.07) is 11.1. The monoisotopic (exact) mass is 328 g/mol. The summed E-state index contributed by atoms with van der Waals surface area (Å²) in [4.78, 5) is 37.8. The first-order valence-corrected chi connectivity index (χ1v) is 7.48. The van der Waals surface area contributed by atoms with Crippen LogP contribution in [0.2, 0.25) is 5.02 Å². The standard InChI is InChI=1S/C17H13ClN2O3/c1-2-19-15(21)13-8-7-10(9-14(13)18)20-16(22)11-5-3-4-6-12(11)17(20)23/h3-9H,2H2,1H3,(H,19,21). The van der Waals surface area contributed by atoms with Gasteiger partial charge in [-0.25, -0.2) is 4.90 Å². The van der Waals surface area contributed by atoms with Crippen molar-refractivity contribution in [1.82, 2.24) is 5.32 Å². The molecule has 6 heteroatoms. The summed E-state index contributed by atoms with van der Waals surface area (Å²) in [7, 11) is 0. The van der Waals surface area contributed by atoms with Crippen molar-refractivity contribution >= 4 is 35.0 Å². The number of anilines is 1. The van der Waals surface area contributed by atoms with E-state index in [1.54, 1.807) is 31.2 Å². The quantitative estimate of drug-likeness (QED) is 0.881. The van der Waals surface area contributed by atoms with Crippen LogP contribution in [-0.2, 0) is 0 Å². The molecular weight excluding hydrogens is 316 g/mol. The molecule has 116 valence electrons. The van der Waals surface area contributed by atoms with E-state index in [1.165, 1.54) is 18.2 Å². The number of halogens is 1. The molecule has 2 aromatic rings. The van der Waals surface area contributed by atoms with Crippen molar-refractivity contribution in [3.8, 4) is 0 Å². The number of benzene rings is 2. The molecule has 0 fully saturated rings. The number of amides is 3. The van der Waals surface area contributed by atoms with Crippen LogP contribution >= 0.6 is 11.6 Å². The van der Waals surface area contributed by atoms with E-state index in [0.717, 1.165) is 4.90 Å². The van der Waals surface area contributed by atoms with Crippen molar-refractivity contribution in [2.45, 2.75) is 6.92 Å². The molecule has 0 spiro atoms. The second-order valence-electron chi connectivity index (χ2n) is 5.01. The predicted molar refractivity (Wildman–Crippen MR) is 87.0 cm³/mol. The Hall–Kier alpha value is -2.66.